The highest BCUT2D eigenvalue weighted by molar-refractivity contribution is 5.79. The third-order valence-corrected chi connectivity index (χ3v) is 2.12. The third kappa shape index (κ3) is 2.25. The lowest BCUT2D eigenvalue weighted by atomic mass is 10.0. The van der Waals surface area contributed by atoms with E-state index in [9.17, 15) is 0 Å². The molecule has 1 aromatic rings. The number of hydrogen-bond donors (Lipinski definition) is 2. The normalized spacial score (nSPS) is 9.93. The Labute approximate surface area is 84.4 Å². The van der Waals surface area contributed by atoms with Crippen LogP contribution in [-0.2, 0) is 6.42 Å². The van der Waals surface area contributed by atoms with Crippen LogP contribution in [-0.4, -0.2) is 12.9 Å². The molecule has 0 unspecified atom stereocenters. The van der Waals surface area contributed by atoms with Crippen LogP contribution in [0.2, 0.25) is 0 Å². The maximum absolute atomic E-state index is 7.22. The average Bonchev–Trinajstić information content (AvgIpc) is 2.01. The van der Waals surface area contributed by atoms with Crippen molar-refractivity contribution in [2.24, 2.45) is 5.73 Å². The predicted molar refractivity (Wildman–Crippen MR) is 58.1 cm³/mol. The Balaban J connectivity index is 3.07. The molecule has 0 aliphatic rings. The molecule has 0 amide bonds. The summed E-state index contributed by atoms with van der Waals surface area (Å²) < 4.78 is 5.25. The summed E-state index contributed by atoms with van der Waals surface area (Å²) in [7, 11) is 1.67. The molecular formula is C11H16N2O. The molecule has 3 heteroatoms. The van der Waals surface area contributed by atoms with Crippen molar-refractivity contribution in [2.75, 3.05) is 7.11 Å². The van der Waals surface area contributed by atoms with E-state index < -0.39 is 0 Å². The van der Waals surface area contributed by atoms with E-state index in [0.717, 1.165) is 22.4 Å². The molecule has 0 aromatic heterocycles. The summed E-state index contributed by atoms with van der Waals surface area (Å²) in [6.45, 7) is 3.99. The summed E-state index contributed by atoms with van der Waals surface area (Å²) in [5.74, 6) is 1.10. The van der Waals surface area contributed by atoms with E-state index >= 15 is 0 Å². The molecule has 0 atom stereocenters. The van der Waals surface area contributed by atoms with Crippen molar-refractivity contribution in [3.8, 4) is 5.75 Å². The minimum Gasteiger partial charge on any atom is -0.496 e. The molecule has 0 radical (unpaired) electrons. The lowest BCUT2D eigenvalue weighted by Gasteiger charge is -2.10. The van der Waals surface area contributed by atoms with Crippen LogP contribution in [0.1, 0.15) is 16.7 Å². The van der Waals surface area contributed by atoms with Gasteiger partial charge in [-0.05, 0) is 30.5 Å². The average molecular weight is 192 g/mol. The van der Waals surface area contributed by atoms with Gasteiger partial charge in [0.2, 0.25) is 0 Å². The minimum atomic E-state index is 0.189. The van der Waals surface area contributed by atoms with Gasteiger partial charge in [-0.15, -0.1) is 0 Å². The van der Waals surface area contributed by atoms with Crippen LogP contribution in [0.3, 0.4) is 0 Å². The van der Waals surface area contributed by atoms with E-state index in [1.54, 1.807) is 7.11 Å². The van der Waals surface area contributed by atoms with Crippen LogP contribution in [0, 0.1) is 19.3 Å². The first kappa shape index (κ1) is 10.6. The van der Waals surface area contributed by atoms with E-state index in [4.69, 9.17) is 15.9 Å². The molecule has 0 bridgehead atoms. The van der Waals surface area contributed by atoms with Crippen LogP contribution in [0.5, 0.6) is 5.75 Å². The summed E-state index contributed by atoms with van der Waals surface area (Å²) in [5, 5.41) is 7.22. The predicted octanol–water partition coefficient (Wildman–Crippen LogP) is 1.79. The summed E-state index contributed by atoms with van der Waals surface area (Å²) in [6.07, 6.45) is 0.506. The molecule has 0 saturated carbocycles. The second kappa shape index (κ2) is 4.13. The lowest BCUT2D eigenvalue weighted by molar-refractivity contribution is 0.408. The van der Waals surface area contributed by atoms with Crippen LogP contribution >= 0.6 is 0 Å². The Bertz CT molecular complexity index is 335. The van der Waals surface area contributed by atoms with Crippen molar-refractivity contribution >= 4 is 5.84 Å². The zero-order valence-corrected chi connectivity index (χ0v) is 8.85. The summed E-state index contributed by atoms with van der Waals surface area (Å²) >= 11 is 0. The van der Waals surface area contributed by atoms with Crippen LogP contribution in [0.15, 0.2) is 12.1 Å². The Morgan fingerprint density at radius 1 is 1.36 bits per heavy atom. The van der Waals surface area contributed by atoms with Crippen LogP contribution in [0.4, 0.5) is 0 Å². The maximum atomic E-state index is 7.22. The second-order valence-corrected chi connectivity index (χ2v) is 3.46. The van der Waals surface area contributed by atoms with Gasteiger partial charge in [0.05, 0.1) is 12.9 Å². The number of nitrogens with one attached hydrogen (secondary N) is 1. The highest BCUT2D eigenvalue weighted by atomic mass is 16.5. The standard InChI is InChI=1S/C11H16N2O/c1-7-4-9(6-10(12)13)5-8(2)11(7)14-3/h4-5H,6H2,1-3H3,(H3,12,13). The monoisotopic (exact) mass is 192 g/mol. The number of nitrogens with two attached hydrogens (primary N) is 1. The summed E-state index contributed by atoms with van der Waals surface area (Å²) in [6, 6.07) is 4.01. The van der Waals surface area contributed by atoms with Crippen molar-refractivity contribution in [3.63, 3.8) is 0 Å². The molecule has 0 heterocycles. The van der Waals surface area contributed by atoms with E-state index in [-0.39, 0.29) is 5.84 Å². The SMILES string of the molecule is COc1c(C)cc(CC(=N)N)cc1C. The molecule has 0 saturated heterocycles. The van der Waals surface area contributed by atoms with E-state index in [1.165, 1.54) is 0 Å². The molecule has 0 spiro atoms. The number of amidine groups is 1. The number of rotatable bonds is 3. The first-order chi connectivity index (χ1) is 6.54. The van der Waals surface area contributed by atoms with Gasteiger partial charge in [-0.25, -0.2) is 0 Å². The molecule has 1 rings (SSSR count). The lowest BCUT2D eigenvalue weighted by Crippen LogP contribution is -2.13. The summed E-state index contributed by atoms with van der Waals surface area (Å²) in [5.41, 5.74) is 8.58. The fourth-order valence-corrected chi connectivity index (χ4v) is 1.68. The largest absolute Gasteiger partial charge is 0.496 e. The Morgan fingerprint density at radius 3 is 2.21 bits per heavy atom. The van der Waals surface area contributed by atoms with Gasteiger partial charge in [0.15, 0.2) is 0 Å². The van der Waals surface area contributed by atoms with Gasteiger partial charge in [0.25, 0.3) is 0 Å². The Morgan fingerprint density at radius 2 is 1.86 bits per heavy atom. The van der Waals surface area contributed by atoms with Gasteiger partial charge < -0.3 is 10.5 Å². The molecule has 3 N–H and O–H groups in total. The minimum absolute atomic E-state index is 0.189. The van der Waals surface area contributed by atoms with Crippen molar-refractivity contribution in [1.82, 2.24) is 0 Å². The van der Waals surface area contributed by atoms with Crippen LogP contribution in [0.25, 0.3) is 0 Å². The van der Waals surface area contributed by atoms with Gasteiger partial charge >= 0.3 is 0 Å². The number of aryl methyl sites for hydroxylation is 2. The topological polar surface area (TPSA) is 59.1 Å². The number of hydrogen-bond acceptors (Lipinski definition) is 2. The highest BCUT2D eigenvalue weighted by Gasteiger charge is 2.05. The van der Waals surface area contributed by atoms with Crippen molar-refractivity contribution in [3.05, 3.63) is 28.8 Å². The van der Waals surface area contributed by atoms with Crippen molar-refractivity contribution in [2.45, 2.75) is 20.3 Å². The van der Waals surface area contributed by atoms with E-state index in [1.807, 2.05) is 26.0 Å². The second-order valence-electron chi connectivity index (χ2n) is 3.46. The van der Waals surface area contributed by atoms with Crippen molar-refractivity contribution < 1.29 is 4.74 Å². The van der Waals surface area contributed by atoms with Gasteiger partial charge in [0.1, 0.15) is 5.75 Å². The molecule has 76 valence electrons. The molecular weight excluding hydrogens is 176 g/mol. The zero-order chi connectivity index (χ0) is 10.7. The van der Waals surface area contributed by atoms with Gasteiger partial charge in [-0.3, -0.25) is 5.41 Å². The molecule has 3 nitrogen and oxygen atoms in total. The zero-order valence-electron chi connectivity index (χ0n) is 8.85. The van der Waals surface area contributed by atoms with Gasteiger partial charge in [-0.2, -0.15) is 0 Å². The Kier molecular flexibility index (Phi) is 3.12. The molecule has 0 fully saturated rings. The van der Waals surface area contributed by atoms with E-state index in [0.29, 0.717) is 6.42 Å². The highest BCUT2D eigenvalue weighted by Crippen LogP contribution is 2.24. The number of ether oxygens (including phenoxy) is 1. The van der Waals surface area contributed by atoms with Gasteiger partial charge in [-0.1, -0.05) is 12.1 Å². The van der Waals surface area contributed by atoms with Crippen LogP contribution < -0.4 is 10.5 Å². The fraction of sp³-hybridized carbons (Fsp3) is 0.364. The third-order valence-electron chi connectivity index (χ3n) is 2.12. The molecule has 1 aromatic carbocycles. The van der Waals surface area contributed by atoms with E-state index in [2.05, 4.69) is 0 Å². The Hall–Kier alpha value is -1.51. The summed E-state index contributed by atoms with van der Waals surface area (Å²) in [4.78, 5) is 0. The molecule has 14 heavy (non-hydrogen) atoms. The van der Waals surface area contributed by atoms with Gasteiger partial charge in [0, 0.05) is 6.42 Å². The maximum Gasteiger partial charge on any atom is 0.124 e. The number of benzene rings is 1. The molecule has 0 aliphatic carbocycles. The number of methoxy groups -OCH3 is 1. The van der Waals surface area contributed by atoms with Crippen molar-refractivity contribution in [1.29, 1.82) is 5.41 Å². The first-order valence-electron chi connectivity index (χ1n) is 4.51. The first-order valence-corrected chi connectivity index (χ1v) is 4.51. The molecule has 0 aliphatic heterocycles. The quantitative estimate of drug-likeness (QED) is 0.566. The smallest absolute Gasteiger partial charge is 0.124 e. The fourth-order valence-electron chi connectivity index (χ4n) is 1.68.